The third-order valence-corrected chi connectivity index (χ3v) is 2.11. The zero-order valence-corrected chi connectivity index (χ0v) is 7.60. The van der Waals surface area contributed by atoms with Gasteiger partial charge in [-0.2, -0.15) is 0 Å². The van der Waals surface area contributed by atoms with Crippen molar-refractivity contribution in [1.82, 2.24) is 5.32 Å². The molecule has 0 bridgehead atoms. The van der Waals surface area contributed by atoms with E-state index in [0.29, 0.717) is 12.0 Å². The van der Waals surface area contributed by atoms with Gasteiger partial charge in [-0.05, 0) is 12.3 Å². The van der Waals surface area contributed by atoms with Crippen LogP contribution in [-0.4, -0.2) is 25.8 Å². The van der Waals surface area contributed by atoms with Crippen LogP contribution < -0.4 is 5.32 Å². The maximum absolute atomic E-state index is 5.51. The van der Waals surface area contributed by atoms with Crippen LogP contribution in [0.2, 0.25) is 0 Å². The highest BCUT2D eigenvalue weighted by molar-refractivity contribution is 4.70. The summed E-state index contributed by atoms with van der Waals surface area (Å²) in [5.74, 6) is 0.678. The van der Waals surface area contributed by atoms with Gasteiger partial charge in [0.1, 0.15) is 0 Å². The van der Waals surface area contributed by atoms with Gasteiger partial charge in [0.2, 0.25) is 0 Å². The fraction of sp³-hybridized carbons (Fsp3) is 1.00. The second-order valence-electron chi connectivity index (χ2n) is 3.54. The van der Waals surface area contributed by atoms with E-state index in [2.05, 4.69) is 19.2 Å². The molecule has 11 heavy (non-hydrogen) atoms. The molecule has 0 aliphatic carbocycles. The second kappa shape index (κ2) is 4.73. The number of nitrogens with one attached hydrogen (secondary N) is 1. The molecule has 0 radical (unpaired) electrons. The third-order valence-electron chi connectivity index (χ3n) is 2.11. The Morgan fingerprint density at radius 2 is 2.27 bits per heavy atom. The van der Waals surface area contributed by atoms with Crippen molar-refractivity contribution in [3.8, 4) is 0 Å². The average Bonchev–Trinajstić information content (AvgIpc) is 2.17. The quantitative estimate of drug-likeness (QED) is 0.654. The van der Waals surface area contributed by atoms with Crippen LogP contribution >= 0.6 is 0 Å². The van der Waals surface area contributed by atoms with Crippen LogP contribution in [0, 0.1) is 5.92 Å². The van der Waals surface area contributed by atoms with E-state index in [1.807, 2.05) is 0 Å². The maximum Gasteiger partial charge on any atom is 0.0619 e. The summed E-state index contributed by atoms with van der Waals surface area (Å²) in [6.07, 6.45) is 2.49. The normalized spacial score (nSPS) is 33.3. The topological polar surface area (TPSA) is 21.3 Å². The van der Waals surface area contributed by atoms with E-state index in [9.17, 15) is 0 Å². The monoisotopic (exact) mass is 157 g/mol. The van der Waals surface area contributed by atoms with E-state index < -0.39 is 0 Å². The first kappa shape index (κ1) is 9.01. The van der Waals surface area contributed by atoms with Crippen molar-refractivity contribution in [3.05, 3.63) is 0 Å². The molecule has 2 atom stereocenters. The van der Waals surface area contributed by atoms with Crippen LogP contribution in [-0.2, 0) is 4.74 Å². The molecule has 0 spiro atoms. The Bertz CT molecular complexity index is 106. The van der Waals surface area contributed by atoms with Gasteiger partial charge in [-0.15, -0.1) is 0 Å². The SMILES string of the molecule is CCCC1COCC(C)CN1. The first-order chi connectivity index (χ1) is 5.33. The lowest BCUT2D eigenvalue weighted by Gasteiger charge is -2.13. The first-order valence-corrected chi connectivity index (χ1v) is 4.64. The van der Waals surface area contributed by atoms with Crippen LogP contribution in [0.25, 0.3) is 0 Å². The molecule has 1 aliphatic rings. The van der Waals surface area contributed by atoms with Gasteiger partial charge < -0.3 is 10.1 Å². The molecule has 1 aliphatic heterocycles. The van der Waals surface area contributed by atoms with E-state index >= 15 is 0 Å². The summed E-state index contributed by atoms with van der Waals surface area (Å²) in [6, 6.07) is 0.602. The molecular weight excluding hydrogens is 138 g/mol. The molecule has 2 unspecified atom stereocenters. The highest BCUT2D eigenvalue weighted by Gasteiger charge is 2.14. The zero-order valence-electron chi connectivity index (χ0n) is 7.60. The fourth-order valence-corrected chi connectivity index (χ4v) is 1.43. The molecule has 2 nitrogen and oxygen atoms in total. The molecule has 0 amide bonds. The lowest BCUT2D eigenvalue weighted by molar-refractivity contribution is 0.111. The van der Waals surface area contributed by atoms with E-state index in [1.54, 1.807) is 0 Å². The summed E-state index contributed by atoms with van der Waals surface area (Å²) in [5, 5.41) is 3.51. The Kier molecular flexibility index (Phi) is 3.87. The molecule has 1 saturated heterocycles. The molecule has 2 heteroatoms. The highest BCUT2D eigenvalue weighted by atomic mass is 16.5. The van der Waals surface area contributed by atoms with Gasteiger partial charge in [0.15, 0.2) is 0 Å². The second-order valence-corrected chi connectivity index (χ2v) is 3.54. The highest BCUT2D eigenvalue weighted by Crippen LogP contribution is 2.05. The van der Waals surface area contributed by atoms with E-state index in [-0.39, 0.29) is 0 Å². The molecule has 0 saturated carbocycles. The lowest BCUT2D eigenvalue weighted by atomic mass is 10.1. The zero-order chi connectivity index (χ0) is 8.10. The van der Waals surface area contributed by atoms with Crippen molar-refractivity contribution >= 4 is 0 Å². The standard InChI is InChI=1S/C9H19NO/c1-3-4-9-7-11-6-8(2)5-10-9/h8-10H,3-7H2,1-2H3. The van der Waals surface area contributed by atoms with E-state index in [0.717, 1.165) is 19.8 Å². The molecule has 0 aromatic rings. The molecular formula is C9H19NO. The predicted octanol–water partition coefficient (Wildman–Crippen LogP) is 1.41. The number of ether oxygens (including phenoxy) is 1. The van der Waals surface area contributed by atoms with Crippen LogP contribution in [0.15, 0.2) is 0 Å². The Morgan fingerprint density at radius 3 is 3.00 bits per heavy atom. The molecule has 66 valence electrons. The van der Waals surface area contributed by atoms with E-state index in [4.69, 9.17) is 4.74 Å². The van der Waals surface area contributed by atoms with Crippen LogP contribution in [0.5, 0.6) is 0 Å². The Morgan fingerprint density at radius 1 is 1.45 bits per heavy atom. The largest absolute Gasteiger partial charge is 0.380 e. The summed E-state index contributed by atoms with van der Waals surface area (Å²) >= 11 is 0. The Balaban J connectivity index is 2.22. The van der Waals surface area contributed by atoms with Gasteiger partial charge >= 0.3 is 0 Å². The molecule has 0 aromatic heterocycles. The molecule has 0 aromatic carbocycles. The van der Waals surface area contributed by atoms with Crippen LogP contribution in [0.4, 0.5) is 0 Å². The van der Waals surface area contributed by atoms with Crippen molar-refractivity contribution in [2.45, 2.75) is 32.7 Å². The van der Waals surface area contributed by atoms with Gasteiger partial charge in [-0.25, -0.2) is 0 Å². The van der Waals surface area contributed by atoms with Crippen molar-refractivity contribution in [1.29, 1.82) is 0 Å². The van der Waals surface area contributed by atoms with Gasteiger partial charge in [-0.3, -0.25) is 0 Å². The van der Waals surface area contributed by atoms with Gasteiger partial charge in [-0.1, -0.05) is 20.3 Å². The van der Waals surface area contributed by atoms with Crippen LogP contribution in [0.1, 0.15) is 26.7 Å². The number of hydrogen-bond acceptors (Lipinski definition) is 2. The summed E-state index contributed by atoms with van der Waals surface area (Å²) in [5.41, 5.74) is 0. The van der Waals surface area contributed by atoms with Gasteiger partial charge in [0.05, 0.1) is 13.2 Å². The summed E-state index contributed by atoms with van der Waals surface area (Å²) in [7, 11) is 0. The maximum atomic E-state index is 5.51. The molecule has 1 heterocycles. The first-order valence-electron chi connectivity index (χ1n) is 4.64. The molecule has 1 fully saturated rings. The Hall–Kier alpha value is -0.0800. The predicted molar refractivity (Wildman–Crippen MR) is 46.7 cm³/mol. The average molecular weight is 157 g/mol. The van der Waals surface area contributed by atoms with Crippen LogP contribution in [0.3, 0.4) is 0 Å². The number of hydrogen-bond donors (Lipinski definition) is 1. The van der Waals surface area contributed by atoms with Crippen molar-refractivity contribution in [2.24, 2.45) is 5.92 Å². The smallest absolute Gasteiger partial charge is 0.0619 e. The number of rotatable bonds is 2. The minimum atomic E-state index is 0.602. The molecule has 1 N–H and O–H groups in total. The minimum Gasteiger partial charge on any atom is -0.380 e. The molecule has 1 rings (SSSR count). The van der Waals surface area contributed by atoms with Gasteiger partial charge in [0, 0.05) is 12.6 Å². The third kappa shape index (κ3) is 3.21. The summed E-state index contributed by atoms with van der Waals surface area (Å²) in [6.45, 7) is 7.38. The lowest BCUT2D eigenvalue weighted by Crippen LogP contribution is -2.32. The van der Waals surface area contributed by atoms with Gasteiger partial charge in [0.25, 0.3) is 0 Å². The fourth-order valence-electron chi connectivity index (χ4n) is 1.43. The van der Waals surface area contributed by atoms with Crippen molar-refractivity contribution in [2.75, 3.05) is 19.8 Å². The minimum absolute atomic E-state index is 0.602. The van der Waals surface area contributed by atoms with Crippen molar-refractivity contribution < 1.29 is 4.74 Å². The Labute approximate surface area is 69.3 Å². The van der Waals surface area contributed by atoms with Crippen molar-refractivity contribution in [3.63, 3.8) is 0 Å². The van der Waals surface area contributed by atoms with E-state index in [1.165, 1.54) is 12.8 Å². The summed E-state index contributed by atoms with van der Waals surface area (Å²) in [4.78, 5) is 0. The summed E-state index contributed by atoms with van der Waals surface area (Å²) < 4.78 is 5.51.